The molecule has 0 spiro atoms. The number of halogens is 6. The van der Waals surface area contributed by atoms with E-state index in [0.717, 1.165) is 67.7 Å². The minimum absolute atomic E-state index is 0.173. The van der Waals surface area contributed by atoms with Gasteiger partial charge in [0.25, 0.3) is 0 Å². The number of carbonyl (C=O) groups is 2. The van der Waals surface area contributed by atoms with Crippen LogP contribution in [0.2, 0.25) is 0 Å². The van der Waals surface area contributed by atoms with Crippen LogP contribution >= 0.6 is 22.7 Å². The molecule has 4 heterocycles. The van der Waals surface area contributed by atoms with E-state index in [0.29, 0.717) is 71.0 Å². The fraction of sp³-hybridized carbons (Fsp3) is 0.231. The largest absolute Gasteiger partial charge is 0.478 e. The number of hydrogen-bond acceptors (Lipinski definition) is 14. The molecule has 0 amide bonds. The van der Waals surface area contributed by atoms with Crippen molar-refractivity contribution in [2.24, 2.45) is 0 Å². The Morgan fingerprint density at radius 3 is 1.35 bits per heavy atom. The Bertz CT molecular complexity index is 3230. The summed E-state index contributed by atoms with van der Waals surface area (Å²) in [7, 11) is 0. The summed E-state index contributed by atoms with van der Waals surface area (Å²) in [4.78, 5) is 48.2. The highest BCUT2D eigenvalue weighted by molar-refractivity contribution is 7.15. The van der Waals surface area contributed by atoms with Crippen molar-refractivity contribution in [1.82, 2.24) is 29.9 Å². The summed E-state index contributed by atoms with van der Waals surface area (Å²) in [5, 5.41) is 48.6. The van der Waals surface area contributed by atoms with Crippen LogP contribution in [0.25, 0.3) is 20.9 Å². The molecule has 0 fully saturated rings. The van der Waals surface area contributed by atoms with Crippen molar-refractivity contribution in [3.63, 3.8) is 0 Å². The number of thiazole rings is 2. The average molecular weight is 1050 g/mol. The van der Waals surface area contributed by atoms with Gasteiger partial charge < -0.3 is 31.1 Å². The molecule has 0 unspecified atom stereocenters. The molecule has 0 radical (unpaired) electrons. The highest BCUT2D eigenvalue weighted by Crippen LogP contribution is 2.46. The maximum absolute atomic E-state index is 13.0. The quantitative estimate of drug-likeness (QED) is 0.0703. The van der Waals surface area contributed by atoms with Gasteiger partial charge in [-0.2, -0.15) is 26.3 Å². The zero-order chi connectivity index (χ0) is 52.7. The number of aliphatic hydroxyl groups is 2. The lowest BCUT2D eigenvalue weighted by Crippen LogP contribution is -2.32. The Balaban J connectivity index is 0.000000182. The second-order valence-electron chi connectivity index (χ2n) is 17.8. The van der Waals surface area contributed by atoms with Crippen LogP contribution in [0.5, 0.6) is 0 Å². The molecule has 0 saturated carbocycles. The Morgan fingerprint density at radius 2 is 0.973 bits per heavy atom. The predicted molar refractivity (Wildman–Crippen MR) is 264 cm³/mol. The molecule has 0 aliphatic heterocycles. The summed E-state index contributed by atoms with van der Waals surface area (Å²) in [5.41, 5.74) is 2.70. The maximum atomic E-state index is 13.0. The molecule has 380 valence electrons. The number of nitrogens with one attached hydrogen (secondary N) is 2. The number of aromatic nitrogens is 6. The summed E-state index contributed by atoms with van der Waals surface area (Å²) < 4.78 is 78.1. The third kappa shape index (κ3) is 10.8. The van der Waals surface area contributed by atoms with Crippen LogP contribution in [0.1, 0.15) is 101 Å². The fourth-order valence-electron chi connectivity index (χ4n) is 9.06. The third-order valence-corrected chi connectivity index (χ3v) is 14.8. The van der Waals surface area contributed by atoms with Gasteiger partial charge in [0.2, 0.25) is 11.9 Å². The molecule has 2 aliphatic rings. The monoisotopic (exact) mass is 1050 g/mol. The molecule has 4 aromatic heterocycles. The van der Waals surface area contributed by atoms with E-state index >= 15 is 0 Å². The van der Waals surface area contributed by atoms with E-state index in [1.54, 1.807) is 60.9 Å². The molecule has 22 heteroatoms. The molecule has 0 bridgehead atoms. The molecule has 0 saturated heterocycles. The molecule has 8 aromatic rings. The topological polar surface area (TPSA) is 216 Å². The molecular weight excluding hydrogens is 1010 g/mol. The Hall–Kier alpha value is -7.66. The van der Waals surface area contributed by atoms with Crippen molar-refractivity contribution in [2.75, 3.05) is 10.6 Å². The first-order valence-electron chi connectivity index (χ1n) is 22.8. The first-order chi connectivity index (χ1) is 35.0. The normalized spacial score (nSPS) is 17.3. The van der Waals surface area contributed by atoms with Gasteiger partial charge in [0.05, 0.1) is 20.9 Å². The van der Waals surface area contributed by atoms with E-state index in [1.807, 2.05) is 26.0 Å². The average Bonchev–Trinajstić information content (AvgIpc) is 4.07. The number of nitrogens with zero attached hydrogens (tertiary/aromatic N) is 6. The van der Waals surface area contributed by atoms with Gasteiger partial charge in [-0.05, 0) is 158 Å². The lowest BCUT2D eigenvalue weighted by molar-refractivity contribution is -0.141. The van der Waals surface area contributed by atoms with Gasteiger partial charge in [0.15, 0.2) is 0 Å². The minimum Gasteiger partial charge on any atom is -0.478 e. The zero-order valence-corrected chi connectivity index (χ0v) is 40.6. The zero-order valence-electron chi connectivity index (χ0n) is 39.0. The number of hydrogen-bond donors (Lipinski definition) is 6. The molecule has 4 aromatic carbocycles. The predicted octanol–water partition coefficient (Wildman–Crippen LogP) is 11.9. The lowest BCUT2D eigenvalue weighted by Gasteiger charge is -2.33. The number of aryl methyl sites for hydroxylation is 4. The number of aromatic carboxylic acids is 2. The van der Waals surface area contributed by atoms with Crippen molar-refractivity contribution in [1.29, 1.82) is 0 Å². The lowest BCUT2D eigenvalue weighted by atomic mass is 9.79. The number of anilines is 4. The standard InChI is InChI=1S/2C26H21F3N4O3S/c2*1-14-9-17(12-18(10-14)32-24-30-8-6-21(33-24)26(27,28)29)20-13-31-23(37-20)25(36)7-2-3-15-11-16(22(34)35)4-5-19(15)25/h2*4-6,8-13,36H,2-3,7H2,1H3,(H,34,35)(H,30,32,33)/t2*25-/m10/s1. The number of benzene rings is 4. The molecule has 2 aliphatic carbocycles. The van der Waals surface area contributed by atoms with Crippen LogP contribution in [0.4, 0.5) is 49.6 Å². The van der Waals surface area contributed by atoms with Crippen molar-refractivity contribution in [2.45, 2.75) is 75.9 Å². The molecule has 74 heavy (non-hydrogen) atoms. The van der Waals surface area contributed by atoms with Gasteiger partial charge in [-0.3, -0.25) is 0 Å². The fourth-order valence-corrected chi connectivity index (χ4v) is 11.1. The van der Waals surface area contributed by atoms with Crippen LogP contribution in [-0.2, 0) is 36.4 Å². The van der Waals surface area contributed by atoms with Gasteiger partial charge in [0.1, 0.15) is 32.6 Å². The number of carboxylic acids is 2. The Kier molecular flexibility index (Phi) is 13.8. The Labute approximate surface area is 425 Å². The molecule has 14 nitrogen and oxygen atoms in total. The Morgan fingerprint density at radius 1 is 0.568 bits per heavy atom. The van der Waals surface area contributed by atoms with Gasteiger partial charge in [0, 0.05) is 36.2 Å². The van der Waals surface area contributed by atoms with Gasteiger partial charge in [-0.15, -0.1) is 22.7 Å². The molecule has 10 rings (SSSR count). The first kappa shape index (κ1) is 51.2. The summed E-state index contributed by atoms with van der Waals surface area (Å²) in [6.07, 6.45) is -0.170. The smallest absolute Gasteiger partial charge is 0.433 e. The number of fused-ring (bicyclic) bond motifs is 2. The van der Waals surface area contributed by atoms with E-state index < -0.39 is 46.9 Å². The van der Waals surface area contributed by atoms with E-state index in [1.165, 1.54) is 34.8 Å². The van der Waals surface area contributed by atoms with Gasteiger partial charge in [-0.1, -0.05) is 24.3 Å². The van der Waals surface area contributed by atoms with Crippen molar-refractivity contribution < 1.29 is 56.4 Å². The summed E-state index contributed by atoms with van der Waals surface area (Å²) in [6, 6.07) is 22.0. The second-order valence-corrected chi connectivity index (χ2v) is 19.9. The number of rotatable bonds is 10. The van der Waals surface area contributed by atoms with Crippen LogP contribution in [0.15, 0.2) is 110 Å². The van der Waals surface area contributed by atoms with E-state index in [-0.39, 0.29) is 23.0 Å². The second kappa shape index (κ2) is 20.0. The summed E-state index contributed by atoms with van der Waals surface area (Å²) in [5.74, 6) is -2.39. The van der Waals surface area contributed by atoms with E-state index in [2.05, 4.69) is 40.5 Å². The molecular formula is C52H42F6N8O6S2. The van der Waals surface area contributed by atoms with Crippen LogP contribution in [0, 0.1) is 13.8 Å². The van der Waals surface area contributed by atoms with Gasteiger partial charge >= 0.3 is 24.3 Å². The maximum Gasteiger partial charge on any atom is 0.433 e. The summed E-state index contributed by atoms with van der Waals surface area (Å²) in [6.45, 7) is 3.71. The van der Waals surface area contributed by atoms with Crippen LogP contribution in [0.3, 0.4) is 0 Å². The van der Waals surface area contributed by atoms with Crippen LogP contribution in [-0.4, -0.2) is 62.3 Å². The number of alkyl halides is 6. The van der Waals surface area contributed by atoms with E-state index in [4.69, 9.17) is 0 Å². The number of carboxylic acid groups (broad SMARTS) is 2. The highest BCUT2D eigenvalue weighted by atomic mass is 32.1. The minimum atomic E-state index is -4.58. The molecule has 6 N–H and O–H groups in total. The highest BCUT2D eigenvalue weighted by Gasteiger charge is 2.41. The van der Waals surface area contributed by atoms with Gasteiger partial charge in [-0.25, -0.2) is 39.5 Å². The molecule has 2 atom stereocenters. The first-order valence-corrected chi connectivity index (χ1v) is 24.4. The third-order valence-electron chi connectivity index (χ3n) is 12.4. The summed E-state index contributed by atoms with van der Waals surface area (Å²) >= 11 is 2.62. The van der Waals surface area contributed by atoms with Crippen molar-refractivity contribution in [3.8, 4) is 20.9 Å². The van der Waals surface area contributed by atoms with Crippen molar-refractivity contribution in [3.05, 3.63) is 176 Å². The van der Waals surface area contributed by atoms with E-state index in [9.17, 15) is 56.4 Å². The SMILES string of the molecule is Cc1cc(Nc2nccc(C(F)(F)F)n2)cc(-c2cnc([C@@]3(O)CCCc4cc(C(=O)O)ccc43)s2)c1.Cc1cc(Nc2nccc(C(F)(F)F)n2)cc(-c2cnc([C@]3(O)CCCc4cc(C(=O)O)ccc43)s2)c1. The van der Waals surface area contributed by atoms with Crippen molar-refractivity contribution >= 4 is 57.9 Å². The van der Waals surface area contributed by atoms with Crippen LogP contribution < -0.4 is 10.6 Å².